The Labute approximate surface area is 318 Å². The van der Waals surface area contributed by atoms with Gasteiger partial charge in [0.2, 0.25) is 5.91 Å². The fourth-order valence-electron chi connectivity index (χ4n) is 5.45. The van der Waals surface area contributed by atoms with E-state index in [2.05, 4.69) is 25.8 Å². The van der Waals surface area contributed by atoms with Crippen molar-refractivity contribution < 1.29 is 37.0 Å². The van der Waals surface area contributed by atoms with Gasteiger partial charge in [-0.15, -0.1) is 0 Å². The van der Waals surface area contributed by atoms with Crippen molar-refractivity contribution in [3.8, 4) is 11.3 Å². The van der Waals surface area contributed by atoms with E-state index in [-0.39, 0.29) is 30.3 Å². The molecule has 0 saturated heterocycles. The molecule has 54 heavy (non-hydrogen) atoms. The number of ether oxygens (including phenoxy) is 2. The molecule has 3 aromatic carbocycles. The number of anilines is 2. The summed E-state index contributed by atoms with van der Waals surface area (Å²) in [5.74, 6) is 0.506. The molecule has 10 nitrogen and oxygen atoms in total. The van der Waals surface area contributed by atoms with Gasteiger partial charge in [-0.25, -0.2) is 0 Å². The van der Waals surface area contributed by atoms with E-state index in [0.29, 0.717) is 60.2 Å². The zero-order chi connectivity index (χ0) is 38.9. The number of thioether (sulfide) groups is 1. The van der Waals surface area contributed by atoms with Gasteiger partial charge in [-0.1, -0.05) is 24.3 Å². The molecule has 0 saturated carbocycles. The molecule has 0 spiro atoms. The summed E-state index contributed by atoms with van der Waals surface area (Å²) in [6.45, 7) is 7.24. The van der Waals surface area contributed by atoms with Crippen molar-refractivity contribution in [2.75, 3.05) is 62.5 Å². The maximum Gasteiger partial charge on any atom is 0.416 e. The van der Waals surface area contributed by atoms with Crippen molar-refractivity contribution in [3.05, 3.63) is 113 Å². The molecule has 0 bridgehead atoms. The van der Waals surface area contributed by atoms with Gasteiger partial charge in [0.25, 0.3) is 11.8 Å². The van der Waals surface area contributed by atoms with Crippen LogP contribution in [-0.4, -0.2) is 75.0 Å². The van der Waals surface area contributed by atoms with Crippen molar-refractivity contribution in [1.82, 2.24) is 15.6 Å². The van der Waals surface area contributed by atoms with E-state index in [1.165, 1.54) is 24.4 Å². The van der Waals surface area contributed by atoms with Crippen LogP contribution < -0.4 is 20.9 Å². The van der Waals surface area contributed by atoms with Crippen LogP contribution in [0.2, 0.25) is 0 Å². The van der Waals surface area contributed by atoms with Gasteiger partial charge >= 0.3 is 6.18 Å². The van der Waals surface area contributed by atoms with Crippen LogP contribution in [0.4, 0.5) is 24.5 Å². The summed E-state index contributed by atoms with van der Waals surface area (Å²) in [5, 5.41) is 8.47. The zero-order valence-electron chi connectivity index (χ0n) is 30.6. The number of methoxy groups -OCH3 is 1. The maximum atomic E-state index is 13.6. The summed E-state index contributed by atoms with van der Waals surface area (Å²) in [6, 6.07) is 20.9. The van der Waals surface area contributed by atoms with E-state index in [9.17, 15) is 27.6 Å². The Bertz CT molecular complexity index is 1850. The Morgan fingerprint density at radius 2 is 1.59 bits per heavy atom. The summed E-state index contributed by atoms with van der Waals surface area (Å²) in [6.07, 6.45) is -2.72. The number of alkyl halides is 3. The third-order valence-corrected chi connectivity index (χ3v) is 9.31. The molecule has 0 atom stereocenters. The first-order chi connectivity index (χ1) is 26.0. The molecule has 0 fully saturated rings. The lowest BCUT2D eigenvalue weighted by Crippen LogP contribution is -2.27. The van der Waals surface area contributed by atoms with Gasteiger partial charge in [-0.3, -0.25) is 19.4 Å². The molecular formula is C40H46F3N5O5S. The largest absolute Gasteiger partial charge is 0.416 e. The molecule has 0 aliphatic heterocycles. The van der Waals surface area contributed by atoms with Crippen LogP contribution in [0.25, 0.3) is 11.3 Å². The number of hydrogen-bond donors (Lipinski definition) is 3. The summed E-state index contributed by atoms with van der Waals surface area (Å²) in [7, 11) is 1.58. The molecule has 288 valence electrons. The van der Waals surface area contributed by atoms with Crippen LogP contribution in [0, 0.1) is 0 Å². The second-order valence-corrected chi connectivity index (χ2v) is 13.2. The van der Waals surface area contributed by atoms with E-state index in [1.54, 1.807) is 31.0 Å². The van der Waals surface area contributed by atoms with Gasteiger partial charge in [-0.2, -0.15) is 24.9 Å². The van der Waals surface area contributed by atoms with Crippen LogP contribution in [0.3, 0.4) is 0 Å². The molecule has 3 N–H and O–H groups in total. The molecule has 14 heteroatoms. The number of nitrogens with zero attached hydrogens (tertiary/aromatic N) is 2. The Morgan fingerprint density at radius 1 is 0.833 bits per heavy atom. The van der Waals surface area contributed by atoms with Crippen LogP contribution in [-0.2, 0) is 32.7 Å². The topological polar surface area (TPSA) is 122 Å². The summed E-state index contributed by atoms with van der Waals surface area (Å²) < 4.78 is 50.1. The number of halogens is 3. The van der Waals surface area contributed by atoms with Crippen molar-refractivity contribution >= 4 is 40.9 Å². The zero-order valence-corrected chi connectivity index (χ0v) is 31.4. The minimum atomic E-state index is -4.49. The quantitative estimate of drug-likeness (QED) is 0.0809. The molecule has 4 aromatic rings. The Kier molecular flexibility index (Phi) is 16.3. The lowest BCUT2D eigenvalue weighted by molar-refractivity contribution is -0.137. The molecular weight excluding hydrogens is 720 g/mol. The van der Waals surface area contributed by atoms with Gasteiger partial charge in [0.1, 0.15) is 0 Å². The fraction of sp³-hybridized carbons (Fsp3) is 0.350. The summed E-state index contributed by atoms with van der Waals surface area (Å²) >= 11 is 1.66. The van der Waals surface area contributed by atoms with Gasteiger partial charge in [-0.05, 0) is 79.6 Å². The Morgan fingerprint density at radius 3 is 2.35 bits per heavy atom. The number of nitrogens with one attached hydrogen (secondary N) is 3. The molecule has 0 unspecified atom stereocenters. The predicted molar refractivity (Wildman–Crippen MR) is 207 cm³/mol. The highest BCUT2D eigenvalue weighted by Gasteiger charge is 2.30. The highest BCUT2D eigenvalue weighted by Crippen LogP contribution is 2.33. The summed E-state index contributed by atoms with van der Waals surface area (Å²) in [5.41, 5.74) is 3.65. The van der Waals surface area contributed by atoms with E-state index < -0.39 is 17.6 Å². The van der Waals surface area contributed by atoms with Crippen LogP contribution >= 0.6 is 11.8 Å². The summed E-state index contributed by atoms with van der Waals surface area (Å²) in [4.78, 5) is 45.2. The standard InChI is InChI=1S/C40H46F3N5O5S/c1-4-48(5-2)33-12-13-35(47-39(51)30-10-6-9-29(22-30)27-54-21-20-53-18-15-37(49)45-17-19-52-3)34(25-33)36-24-31(14-16-44-36)38(50)46-26-28-8-7-11-32(23-28)40(41,42)43/h6-14,16,22-25H,4-5,15,17-21,26-27H2,1-3H3,(H,45,49)(H,46,50)(H,47,51). The molecule has 0 aliphatic carbocycles. The maximum absolute atomic E-state index is 13.6. The average Bonchev–Trinajstić information content (AvgIpc) is 3.17. The molecule has 1 heterocycles. The SMILES string of the molecule is CCN(CC)c1ccc(NC(=O)c2cccc(CSCCOCCC(=O)NCCOC)c2)c(-c2cc(C(=O)NCc3cccc(C(F)(F)F)c3)ccn2)c1. The molecule has 1 aromatic heterocycles. The van der Waals surface area contributed by atoms with Crippen molar-refractivity contribution in [1.29, 1.82) is 0 Å². The number of carbonyl (C=O) groups excluding carboxylic acids is 3. The third kappa shape index (κ3) is 12.9. The van der Waals surface area contributed by atoms with E-state index >= 15 is 0 Å². The second-order valence-electron chi connectivity index (χ2n) is 12.1. The van der Waals surface area contributed by atoms with E-state index in [0.717, 1.165) is 42.2 Å². The highest BCUT2D eigenvalue weighted by atomic mass is 32.2. The Balaban J connectivity index is 1.42. The first-order valence-corrected chi connectivity index (χ1v) is 18.8. The van der Waals surface area contributed by atoms with Gasteiger partial charge in [0, 0.05) is 79.8 Å². The number of aromatic nitrogens is 1. The van der Waals surface area contributed by atoms with Crippen molar-refractivity contribution in [2.24, 2.45) is 0 Å². The van der Waals surface area contributed by atoms with Crippen LogP contribution in [0.15, 0.2) is 85.1 Å². The van der Waals surface area contributed by atoms with E-state index in [1.807, 2.05) is 50.2 Å². The lowest BCUT2D eigenvalue weighted by Gasteiger charge is -2.23. The van der Waals surface area contributed by atoms with Gasteiger partial charge < -0.3 is 30.3 Å². The monoisotopic (exact) mass is 765 g/mol. The van der Waals surface area contributed by atoms with E-state index in [4.69, 9.17) is 9.47 Å². The minimum Gasteiger partial charge on any atom is -0.383 e. The number of amides is 3. The number of carbonyl (C=O) groups is 3. The molecule has 3 amide bonds. The van der Waals surface area contributed by atoms with Crippen LogP contribution in [0.5, 0.6) is 0 Å². The number of rotatable bonds is 20. The lowest BCUT2D eigenvalue weighted by atomic mass is 10.0. The number of hydrogen-bond acceptors (Lipinski definition) is 8. The number of pyridine rings is 1. The highest BCUT2D eigenvalue weighted by molar-refractivity contribution is 7.98. The fourth-order valence-corrected chi connectivity index (χ4v) is 6.25. The second kappa shape index (κ2) is 21.1. The number of benzene rings is 3. The average molecular weight is 766 g/mol. The van der Waals surface area contributed by atoms with Crippen molar-refractivity contribution in [3.63, 3.8) is 0 Å². The smallest absolute Gasteiger partial charge is 0.383 e. The van der Waals surface area contributed by atoms with Gasteiger partial charge in [0.15, 0.2) is 0 Å². The Hall–Kier alpha value is -4.92. The van der Waals surface area contributed by atoms with Gasteiger partial charge in [0.05, 0.1) is 36.8 Å². The molecule has 0 aliphatic rings. The van der Waals surface area contributed by atoms with Crippen molar-refractivity contribution in [2.45, 2.75) is 38.7 Å². The minimum absolute atomic E-state index is 0.0792. The first kappa shape index (κ1) is 41.8. The first-order valence-electron chi connectivity index (χ1n) is 17.6. The normalized spacial score (nSPS) is 11.2. The molecule has 0 radical (unpaired) electrons. The molecule has 4 rings (SSSR count). The predicted octanol–water partition coefficient (Wildman–Crippen LogP) is 7.20. The van der Waals surface area contributed by atoms with Crippen LogP contribution in [0.1, 0.15) is 57.7 Å². The third-order valence-electron chi connectivity index (χ3n) is 8.32.